The maximum atomic E-state index is 12.1. The van der Waals surface area contributed by atoms with Gasteiger partial charge in [-0.1, -0.05) is 55.5 Å². The number of aliphatic hydroxyl groups excluding tert-OH is 1. The van der Waals surface area contributed by atoms with E-state index in [4.69, 9.17) is 14.2 Å². The average Bonchev–Trinajstić information content (AvgIpc) is 3.05. The fourth-order valence-electron chi connectivity index (χ4n) is 5.26. The highest BCUT2D eigenvalue weighted by Crippen LogP contribution is 2.32. The van der Waals surface area contributed by atoms with Crippen LogP contribution in [-0.2, 0) is 21.4 Å². The van der Waals surface area contributed by atoms with E-state index in [9.17, 15) is 23.4 Å². The molecule has 4 aromatic rings. The molecule has 0 aliphatic carbocycles. The van der Waals surface area contributed by atoms with E-state index in [0.717, 1.165) is 39.8 Å². The van der Waals surface area contributed by atoms with E-state index in [-0.39, 0.29) is 18.3 Å². The Hall–Kier alpha value is -4.58. The van der Waals surface area contributed by atoms with Gasteiger partial charge in [0.05, 0.1) is 18.0 Å². The van der Waals surface area contributed by atoms with Gasteiger partial charge in [0, 0.05) is 12.6 Å². The molecule has 0 heterocycles. The molecule has 11 heteroatoms. The Bertz CT molecular complexity index is 1760. The Balaban J connectivity index is 1.34. The number of aliphatic carboxylic acids is 1. The lowest BCUT2D eigenvalue weighted by atomic mass is 9.99. The van der Waals surface area contributed by atoms with E-state index in [1.165, 1.54) is 0 Å². The molecule has 0 spiro atoms. The van der Waals surface area contributed by atoms with Crippen LogP contribution >= 0.6 is 0 Å². The summed E-state index contributed by atoms with van der Waals surface area (Å²) in [6.45, 7) is 8.67. The predicted molar refractivity (Wildman–Crippen MR) is 187 cm³/mol. The molecule has 10 nitrogen and oxygen atoms in total. The standard InChI is InChI=1S/C37H44N2O8S/c1-6-33(37(41)42)47-31-15-12-28(13-16-31)30-20-24(2)36(25(3)21-30)45-19-18-38-26(4)35(40)29-14-17-34(32(22-29)39-48(5,43)44)46-23-27-10-8-7-9-11-27/h7-17,20-22,26,33,35,38-40H,6,18-19,23H2,1-5H3,(H,41,42)/t26-,33?,35+/m0/s1. The maximum Gasteiger partial charge on any atom is 0.344 e. The van der Waals surface area contributed by atoms with E-state index in [1.807, 2.05) is 75.4 Å². The number of carbonyl (C=O) groups is 1. The van der Waals surface area contributed by atoms with Crippen molar-refractivity contribution >= 4 is 21.7 Å². The monoisotopic (exact) mass is 676 g/mol. The number of sulfonamides is 1. The van der Waals surface area contributed by atoms with Crippen LogP contribution in [0.5, 0.6) is 17.2 Å². The predicted octanol–water partition coefficient (Wildman–Crippen LogP) is 6.25. The summed E-state index contributed by atoms with van der Waals surface area (Å²) in [6.07, 6.45) is -0.369. The summed E-state index contributed by atoms with van der Waals surface area (Å²) in [6, 6.07) is 25.6. The van der Waals surface area contributed by atoms with Crippen molar-refractivity contribution < 1.29 is 37.6 Å². The first kappa shape index (κ1) is 36.3. The Kier molecular flexibility index (Phi) is 12.5. The molecule has 0 saturated heterocycles. The van der Waals surface area contributed by atoms with Gasteiger partial charge in [-0.2, -0.15) is 0 Å². The second-order valence-corrected chi connectivity index (χ2v) is 13.5. The summed E-state index contributed by atoms with van der Waals surface area (Å²) >= 11 is 0. The number of aliphatic hydroxyl groups is 1. The topological polar surface area (TPSA) is 143 Å². The van der Waals surface area contributed by atoms with Crippen molar-refractivity contribution in [3.63, 3.8) is 0 Å². The van der Waals surface area contributed by atoms with Gasteiger partial charge in [0.25, 0.3) is 0 Å². The van der Waals surface area contributed by atoms with Crippen LogP contribution in [0.4, 0.5) is 5.69 Å². The summed E-state index contributed by atoms with van der Waals surface area (Å²) in [7, 11) is -3.59. The van der Waals surface area contributed by atoms with Crippen molar-refractivity contribution in [1.29, 1.82) is 0 Å². The largest absolute Gasteiger partial charge is 0.492 e. The molecule has 4 rings (SSSR count). The Labute approximate surface area is 282 Å². The second kappa shape index (κ2) is 16.5. The van der Waals surface area contributed by atoms with Gasteiger partial charge in [0.15, 0.2) is 6.10 Å². The van der Waals surface area contributed by atoms with Crippen molar-refractivity contribution in [2.24, 2.45) is 0 Å². The number of ether oxygens (including phenoxy) is 3. The first-order chi connectivity index (χ1) is 22.8. The van der Waals surface area contributed by atoms with Crippen LogP contribution in [0.3, 0.4) is 0 Å². The molecule has 0 aromatic heterocycles. The zero-order chi connectivity index (χ0) is 34.8. The molecule has 1 unspecified atom stereocenters. The lowest BCUT2D eigenvalue weighted by molar-refractivity contribution is -0.145. The molecule has 0 fully saturated rings. The van der Waals surface area contributed by atoms with Crippen molar-refractivity contribution in [3.8, 4) is 28.4 Å². The Morgan fingerprint density at radius 3 is 2.17 bits per heavy atom. The zero-order valence-electron chi connectivity index (χ0n) is 27.9. The number of nitrogens with one attached hydrogen (secondary N) is 2. The van der Waals surface area contributed by atoms with Gasteiger partial charge >= 0.3 is 5.97 Å². The maximum absolute atomic E-state index is 12.1. The summed E-state index contributed by atoms with van der Waals surface area (Å²) in [5, 5.41) is 23.6. The minimum absolute atomic E-state index is 0.252. The molecule has 3 atom stereocenters. The third-order valence-corrected chi connectivity index (χ3v) is 8.33. The van der Waals surface area contributed by atoms with Crippen molar-refractivity contribution in [2.45, 2.75) is 59.0 Å². The van der Waals surface area contributed by atoms with Crippen LogP contribution in [0.2, 0.25) is 0 Å². The van der Waals surface area contributed by atoms with Gasteiger partial charge in [-0.05, 0) is 97.0 Å². The number of anilines is 1. The third-order valence-electron chi connectivity index (χ3n) is 7.74. The minimum atomic E-state index is -3.59. The van der Waals surface area contributed by atoms with E-state index in [1.54, 1.807) is 37.3 Å². The smallest absolute Gasteiger partial charge is 0.344 e. The van der Waals surface area contributed by atoms with Crippen LogP contribution in [0.25, 0.3) is 11.1 Å². The highest BCUT2D eigenvalue weighted by Gasteiger charge is 2.20. The lowest BCUT2D eigenvalue weighted by Gasteiger charge is -2.23. The van der Waals surface area contributed by atoms with Crippen LogP contribution < -0.4 is 24.2 Å². The van der Waals surface area contributed by atoms with Crippen molar-refractivity contribution in [2.75, 3.05) is 24.1 Å². The molecule has 0 bridgehead atoms. The molecular formula is C37H44N2O8S. The number of benzene rings is 4. The molecule has 256 valence electrons. The van der Waals surface area contributed by atoms with Gasteiger partial charge in [0.1, 0.15) is 30.5 Å². The fraction of sp³-hybridized carbons (Fsp3) is 0.324. The summed E-state index contributed by atoms with van der Waals surface area (Å²) in [5.74, 6) is 0.656. The third kappa shape index (κ3) is 10.2. The summed E-state index contributed by atoms with van der Waals surface area (Å²) in [5.41, 5.74) is 5.64. The molecular weight excluding hydrogens is 632 g/mol. The van der Waals surface area contributed by atoms with Gasteiger partial charge in [-0.15, -0.1) is 0 Å². The first-order valence-electron chi connectivity index (χ1n) is 15.8. The quantitative estimate of drug-likeness (QED) is 0.0954. The second-order valence-electron chi connectivity index (χ2n) is 11.8. The van der Waals surface area contributed by atoms with Crippen LogP contribution in [-0.4, -0.2) is 56.2 Å². The Morgan fingerprint density at radius 1 is 0.896 bits per heavy atom. The molecule has 0 aliphatic rings. The highest BCUT2D eigenvalue weighted by molar-refractivity contribution is 7.92. The fourth-order valence-corrected chi connectivity index (χ4v) is 5.81. The first-order valence-corrected chi connectivity index (χ1v) is 17.7. The van der Waals surface area contributed by atoms with E-state index < -0.39 is 28.2 Å². The SMILES string of the molecule is CCC(Oc1ccc(-c2cc(C)c(OCCN[C@@H](C)[C@@H](O)c3ccc(OCc4ccccc4)c(NS(C)(=O)=O)c3)c(C)c2)cc1)C(=O)O. The lowest BCUT2D eigenvalue weighted by Crippen LogP contribution is -2.35. The summed E-state index contributed by atoms with van der Waals surface area (Å²) < 4.78 is 44.2. The molecule has 0 aliphatic heterocycles. The molecule has 0 amide bonds. The highest BCUT2D eigenvalue weighted by atomic mass is 32.2. The summed E-state index contributed by atoms with van der Waals surface area (Å²) in [4.78, 5) is 11.3. The number of rotatable bonds is 17. The number of hydrogen-bond donors (Lipinski definition) is 4. The molecule has 0 saturated carbocycles. The normalized spacial score (nSPS) is 13.3. The molecule has 4 aromatic carbocycles. The van der Waals surface area contributed by atoms with Crippen LogP contribution in [0.15, 0.2) is 84.9 Å². The van der Waals surface area contributed by atoms with Crippen molar-refractivity contribution in [1.82, 2.24) is 5.32 Å². The number of carboxylic acid groups (broad SMARTS) is 1. The van der Waals surface area contributed by atoms with E-state index in [2.05, 4.69) is 10.0 Å². The van der Waals surface area contributed by atoms with Gasteiger partial charge in [-0.3, -0.25) is 4.72 Å². The molecule has 4 N–H and O–H groups in total. The van der Waals surface area contributed by atoms with E-state index in [0.29, 0.717) is 36.6 Å². The number of hydrogen-bond acceptors (Lipinski definition) is 8. The van der Waals surface area contributed by atoms with Crippen LogP contribution in [0, 0.1) is 13.8 Å². The van der Waals surface area contributed by atoms with Crippen molar-refractivity contribution in [3.05, 3.63) is 107 Å². The van der Waals surface area contributed by atoms with Gasteiger partial charge in [-0.25, -0.2) is 13.2 Å². The average molecular weight is 677 g/mol. The minimum Gasteiger partial charge on any atom is -0.492 e. The Morgan fingerprint density at radius 2 is 1.56 bits per heavy atom. The number of carboxylic acids is 1. The molecule has 48 heavy (non-hydrogen) atoms. The van der Waals surface area contributed by atoms with Gasteiger partial charge < -0.3 is 29.7 Å². The zero-order valence-corrected chi connectivity index (χ0v) is 28.7. The molecule has 0 radical (unpaired) electrons. The van der Waals surface area contributed by atoms with Gasteiger partial charge in [0.2, 0.25) is 10.0 Å². The van der Waals surface area contributed by atoms with Crippen LogP contribution in [0.1, 0.15) is 48.6 Å². The van der Waals surface area contributed by atoms with E-state index >= 15 is 0 Å². The number of aryl methyl sites for hydroxylation is 2.